The van der Waals surface area contributed by atoms with Crippen molar-refractivity contribution in [3.05, 3.63) is 48.0 Å². The molecule has 1 aromatic rings. The largest absolute Gasteiger partial charge is 0.295 e. The highest BCUT2D eigenvalue weighted by atomic mass is 16.1. The smallest absolute Gasteiger partial charge is 0.159 e. The minimum absolute atomic E-state index is 0.171. The second-order valence-electron chi connectivity index (χ2n) is 8.09. The zero-order valence-electron chi connectivity index (χ0n) is 15.2. The monoisotopic (exact) mass is 324 g/mol. The normalized spacial score (nSPS) is 26.7. The first-order valence-corrected chi connectivity index (χ1v) is 9.88. The molecule has 0 N–H and O–H groups in total. The lowest BCUT2D eigenvalue weighted by molar-refractivity contribution is 0.101. The van der Waals surface area contributed by atoms with E-state index in [2.05, 4.69) is 36.9 Å². The van der Waals surface area contributed by atoms with E-state index < -0.39 is 0 Å². The van der Waals surface area contributed by atoms with E-state index in [1.54, 1.807) is 6.92 Å². The van der Waals surface area contributed by atoms with E-state index >= 15 is 0 Å². The van der Waals surface area contributed by atoms with Crippen LogP contribution in [0.4, 0.5) is 0 Å². The van der Waals surface area contributed by atoms with Gasteiger partial charge in [-0.1, -0.05) is 49.6 Å². The van der Waals surface area contributed by atoms with E-state index in [0.29, 0.717) is 5.41 Å². The van der Waals surface area contributed by atoms with Gasteiger partial charge in [-0.25, -0.2) is 0 Å². The Balaban J connectivity index is 1.82. The van der Waals surface area contributed by atoms with Gasteiger partial charge in [0.05, 0.1) is 0 Å². The van der Waals surface area contributed by atoms with E-state index in [4.69, 9.17) is 0 Å². The Kier molecular flexibility index (Phi) is 5.58. The van der Waals surface area contributed by atoms with Crippen molar-refractivity contribution in [2.45, 2.75) is 76.5 Å². The van der Waals surface area contributed by atoms with Crippen LogP contribution in [0.2, 0.25) is 0 Å². The van der Waals surface area contributed by atoms with E-state index in [0.717, 1.165) is 17.4 Å². The van der Waals surface area contributed by atoms with Crippen molar-refractivity contribution in [3.8, 4) is 0 Å². The molecule has 0 aliphatic heterocycles. The highest BCUT2D eigenvalue weighted by Crippen LogP contribution is 2.51. The molecule has 2 aliphatic rings. The number of allylic oxidation sites excluding steroid dienone is 1. The first kappa shape index (κ1) is 17.5. The molecule has 130 valence electrons. The van der Waals surface area contributed by atoms with Crippen molar-refractivity contribution in [1.29, 1.82) is 0 Å². The average molecular weight is 325 g/mol. The Morgan fingerprint density at radius 1 is 1.08 bits per heavy atom. The summed E-state index contributed by atoms with van der Waals surface area (Å²) in [6.07, 6.45) is 15.5. The quantitative estimate of drug-likeness (QED) is 0.448. The molecule has 2 saturated carbocycles. The number of benzene rings is 1. The summed E-state index contributed by atoms with van der Waals surface area (Å²) in [7, 11) is 0. The number of carbonyl (C=O) groups is 1. The minimum Gasteiger partial charge on any atom is -0.295 e. The van der Waals surface area contributed by atoms with Crippen LogP contribution >= 0.6 is 0 Å². The van der Waals surface area contributed by atoms with Gasteiger partial charge in [0.25, 0.3) is 0 Å². The summed E-state index contributed by atoms with van der Waals surface area (Å²) in [6, 6.07) is 8.63. The molecule has 1 heteroatoms. The molecule has 0 aromatic heterocycles. The fourth-order valence-electron chi connectivity index (χ4n) is 5.34. The van der Waals surface area contributed by atoms with Crippen LogP contribution in [-0.2, 0) is 5.41 Å². The van der Waals surface area contributed by atoms with Crippen LogP contribution < -0.4 is 0 Å². The molecule has 3 rings (SSSR count). The Bertz CT molecular complexity index is 554. The van der Waals surface area contributed by atoms with Crippen molar-refractivity contribution >= 4 is 5.78 Å². The number of rotatable bonds is 5. The second kappa shape index (κ2) is 7.68. The third-order valence-corrected chi connectivity index (χ3v) is 6.74. The van der Waals surface area contributed by atoms with Gasteiger partial charge in [-0.05, 0) is 74.7 Å². The molecule has 0 bridgehead atoms. The lowest BCUT2D eigenvalue weighted by Crippen LogP contribution is -2.39. The lowest BCUT2D eigenvalue weighted by atomic mass is 9.57. The number of hydrogen-bond donors (Lipinski definition) is 0. The molecule has 0 saturated heterocycles. The van der Waals surface area contributed by atoms with Crippen LogP contribution in [0.3, 0.4) is 0 Å². The summed E-state index contributed by atoms with van der Waals surface area (Å²) < 4.78 is 0. The summed E-state index contributed by atoms with van der Waals surface area (Å²) in [5.41, 5.74) is 2.71. The molecule has 24 heavy (non-hydrogen) atoms. The number of Topliss-reactive ketones (excluding diaryl/α,β-unsaturated/α-hetero) is 1. The Labute approximate surface area is 147 Å². The first-order chi connectivity index (χ1) is 11.7. The summed E-state index contributed by atoms with van der Waals surface area (Å²) in [4.78, 5) is 11.6. The highest BCUT2D eigenvalue weighted by Gasteiger charge is 2.42. The summed E-state index contributed by atoms with van der Waals surface area (Å²) >= 11 is 0. The van der Waals surface area contributed by atoms with Gasteiger partial charge >= 0.3 is 0 Å². The van der Waals surface area contributed by atoms with Gasteiger partial charge in [0.15, 0.2) is 5.78 Å². The van der Waals surface area contributed by atoms with E-state index in [1.807, 2.05) is 0 Å². The fraction of sp³-hybridized carbons (Fsp3) is 0.609. The zero-order chi connectivity index (χ0) is 17.0. The maximum absolute atomic E-state index is 11.6. The van der Waals surface area contributed by atoms with Crippen molar-refractivity contribution in [2.75, 3.05) is 0 Å². The average Bonchev–Trinajstić information content (AvgIpc) is 2.63. The molecular weight excluding hydrogens is 292 g/mol. The predicted molar refractivity (Wildman–Crippen MR) is 101 cm³/mol. The van der Waals surface area contributed by atoms with Gasteiger partial charge < -0.3 is 0 Å². The SMILES string of the molecule is C=CCC1CCC(C2(c3ccc(C(C)=O)cc3)CCCCC2)CC1. The third kappa shape index (κ3) is 3.50. The molecule has 0 amide bonds. The molecule has 0 radical (unpaired) electrons. The molecular formula is C23H32O. The Hall–Kier alpha value is -1.37. The molecule has 2 aliphatic carbocycles. The standard InChI is InChI=1S/C23H32O/c1-3-7-19-8-12-21(13-9-19)23(16-5-4-6-17-23)22-14-10-20(11-15-22)18(2)24/h3,10-11,14-15,19,21H,1,4-9,12-13,16-17H2,2H3. The maximum atomic E-state index is 11.6. The van der Waals surface area contributed by atoms with Gasteiger partial charge in [-0.2, -0.15) is 0 Å². The molecule has 0 spiro atoms. The molecule has 1 nitrogen and oxygen atoms in total. The van der Waals surface area contributed by atoms with Crippen LogP contribution in [0.1, 0.15) is 87.1 Å². The number of hydrogen-bond acceptors (Lipinski definition) is 1. The summed E-state index contributed by atoms with van der Waals surface area (Å²) in [5, 5.41) is 0. The van der Waals surface area contributed by atoms with Crippen molar-refractivity contribution in [1.82, 2.24) is 0 Å². The van der Waals surface area contributed by atoms with E-state index in [9.17, 15) is 4.79 Å². The number of carbonyl (C=O) groups excluding carboxylic acids is 1. The van der Waals surface area contributed by atoms with Gasteiger partial charge in [-0.3, -0.25) is 4.79 Å². The van der Waals surface area contributed by atoms with Gasteiger partial charge in [0, 0.05) is 5.56 Å². The highest BCUT2D eigenvalue weighted by molar-refractivity contribution is 5.94. The van der Waals surface area contributed by atoms with Crippen molar-refractivity contribution < 1.29 is 4.79 Å². The minimum atomic E-state index is 0.171. The molecule has 1 aromatic carbocycles. The zero-order valence-corrected chi connectivity index (χ0v) is 15.2. The summed E-state index contributed by atoms with van der Waals surface area (Å²) in [5.74, 6) is 1.85. The molecule has 0 heterocycles. The maximum Gasteiger partial charge on any atom is 0.159 e. The molecule has 2 fully saturated rings. The summed E-state index contributed by atoms with van der Waals surface area (Å²) in [6.45, 7) is 5.58. The van der Waals surface area contributed by atoms with Crippen LogP contribution in [-0.4, -0.2) is 5.78 Å². The first-order valence-electron chi connectivity index (χ1n) is 9.88. The van der Waals surface area contributed by atoms with Crippen LogP contribution in [0.5, 0.6) is 0 Å². The third-order valence-electron chi connectivity index (χ3n) is 6.74. The Morgan fingerprint density at radius 2 is 1.71 bits per heavy atom. The lowest BCUT2D eigenvalue weighted by Gasteiger charge is -2.47. The van der Waals surface area contributed by atoms with Gasteiger partial charge in [0.2, 0.25) is 0 Å². The van der Waals surface area contributed by atoms with E-state index in [-0.39, 0.29) is 5.78 Å². The van der Waals surface area contributed by atoms with Crippen molar-refractivity contribution in [2.24, 2.45) is 11.8 Å². The van der Waals surface area contributed by atoms with Crippen molar-refractivity contribution in [3.63, 3.8) is 0 Å². The fourth-order valence-corrected chi connectivity index (χ4v) is 5.34. The molecule has 0 unspecified atom stereocenters. The molecule has 0 atom stereocenters. The van der Waals surface area contributed by atoms with Gasteiger partial charge in [0.1, 0.15) is 0 Å². The van der Waals surface area contributed by atoms with Crippen LogP contribution in [0.15, 0.2) is 36.9 Å². The number of ketones is 1. The Morgan fingerprint density at radius 3 is 2.25 bits per heavy atom. The van der Waals surface area contributed by atoms with E-state index in [1.165, 1.54) is 69.8 Å². The second-order valence-corrected chi connectivity index (χ2v) is 8.09. The topological polar surface area (TPSA) is 17.1 Å². The predicted octanol–water partition coefficient (Wildman–Crippen LogP) is 6.47. The van der Waals surface area contributed by atoms with Crippen LogP contribution in [0.25, 0.3) is 0 Å². The van der Waals surface area contributed by atoms with Crippen LogP contribution in [0, 0.1) is 11.8 Å². The van der Waals surface area contributed by atoms with Gasteiger partial charge in [-0.15, -0.1) is 6.58 Å².